The average molecular weight is 392 g/mol. The minimum absolute atomic E-state index is 0.327. The normalized spacial score (nSPS) is 13.0. The molecule has 3 aromatic rings. The summed E-state index contributed by atoms with van der Waals surface area (Å²) >= 11 is 0. The SMILES string of the molecule is COc1ccc(NC(=O)C(=O)Nc2ccc(C)cc2)cc1-n1nnnc1C1CC1. The number of amides is 2. The highest BCUT2D eigenvalue weighted by Crippen LogP contribution is 2.40. The average Bonchev–Trinajstić information content (AvgIpc) is 3.46. The zero-order valence-corrected chi connectivity index (χ0v) is 16.0. The molecular formula is C20H20N6O3. The van der Waals surface area contributed by atoms with Crippen molar-refractivity contribution in [3.8, 4) is 11.4 Å². The summed E-state index contributed by atoms with van der Waals surface area (Å²) in [6, 6.07) is 12.2. The summed E-state index contributed by atoms with van der Waals surface area (Å²) in [6.07, 6.45) is 2.08. The van der Waals surface area contributed by atoms with Crippen LogP contribution in [0.4, 0.5) is 11.4 Å². The third-order valence-corrected chi connectivity index (χ3v) is 4.62. The summed E-state index contributed by atoms with van der Waals surface area (Å²) in [6.45, 7) is 1.94. The molecule has 1 fully saturated rings. The Labute approximate surface area is 167 Å². The lowest BCUT2D eigenvalue weighted by molar-refractivity contribution is -0.132. The molecule has 2 N–H and O–H groups in total. The molecule has 1 aliphatic rings. The third kappa shape index (κ3) is 4.08. The summed E-state index contributed by atoms with van der Waals surface area (Å²) in [5, 5.41) is 17.1. The van der Waals surface area contributed by atoms with Crippen LogP contribution < -0.4 is 15.4 Å². The molecule has 0 radical (unpaired) electrons. The molecule has 0 unspecified atom stereocenters. The Morgan fingerprint density at radius 1 is 1.03 bits per heavy atom. The minimum atomic E-state index is -0.777. The molecule has 4 rings (SSSR count). The van der Waals surface area contributed by atoms with Gasteiger partial charge in [0, 0.05) is 17.3 Å². The van der Waals surface area contributed by atoms with E-state index in [0.29, 0.717) is 28.7 Å². The topological polar surface area (TPSA) is 111 Å². The van der Waals surface area contributed by atoms with Gasteiger partial charge in [-0.2, -0.15) is 4.68 Å². The van der Waals surface area contributed by atoms with E-state index in [2.05, 4.69) is 26.2 Å². The van der Waals surface area contributed by atoms with E-state index in [4.69, 9.17) is 4.74 Å². The largest absolute Gasteiger partial charge is 0.494 e. The van der Waals surface area contributed by atoms with Gasteiger partial charge in [0.25, 0.3) is 0 Å². The number of nitrogens with zero attached hydrogens (tertiary/aromatic N) is 4. The number of hydrogen-bond acceptors (Lipinski definition) is 6. The zero-order valence-electron chi connectivity index (χ0n) is 16.0. The monoisotopic (exact) mass is 392 g/mol. The number of benzene rings is 2. The molecule has 148 valence electrons. The maximum atomic E-state index is 12.3. The van der Waals surface area contributed by atoms with Gasteiger partial charge >= 0.3 is 11.8 Å². The molecule has 0 spiro atoms. The lowest BCUT2D eigenvalue weighted by atomic mass is 10.2. The Bertz CT molecular complexity index is 1060. The first-order chi connectivity index (χ1) is 14.0. The van der Waals surface area contributed by atoms with Crippen molar-refractivity contribution in [3.05, 3.63) is 53.9 Å². The van der Waals surface area contributed by atoms with E-state index < -0.39 is 11.8 Å². The predicted octanol–water partition coefficient (Wildman–Crippen LogP) is 2.43. The van der Waals surface area contributed by atoms with Gasteiger partial charge in [-0.1, -0.05) is 17.7 Å². The number of rotatable bonds is 5. The van der Waals surface area contributed by atoms with Gasteiger partial charge in [0.15, 0.2) is 5.82 Å². The van der Waals surface area contributed by atoms with Crippen molar-refractivity contribution in [1.29, 1.82) is 0 Å². The minimum Gasteiger partial charge on any atom is -0.494 e. The second kappa shape index (κ2) is 7.70. The van der Waals surface area contributed by atoms with E-state index in [1.54, 1.807) is 42.1 Å². The number of methoxy groups -OCH3 is 1. The number of hydrogen-bond donors (Lipinski definition) is 2. The number of nitrogens with one attached hydrogen (secondary N) is 2. The quantitative estimate of drug-likeness (QED) is 0.645. The number of aromatic nitrogens is 4. The number of aryl methyl sites for hydroxylation is 1. The van der Waals surface area contributed by atoms with Gasteiger partial charge in [-0.25, -0.2) is 0 Å². The van der Waals surface area contributed by atoms with Gasteiger partial charge in [0.1, 0.15) is 11.4 Å². The highest BCUT2D eigenvalue weighted by atomic mass is 16.5. The molecule has 0 saturated heterocycles. The summed E-state index contributed by atoms with van der Waals surface area (Å²) in [5.74, 6) is 0.103. The summed E-state index contributed by atoms with van der Waals surface area (Å²) in [5.41, 5.74) is 2.64. The molecule has 0 aliphatic heterocycles. The second-order valence-corrected chi connectivity index (χ2v) is 6.88. The van der Waals surface area contributed by atoms with Crippen molar-refractivity contribution >= 4 is 23.2 Å². The molecule has 1 saturated carbocycles. The van der Waals surface area contributed by atoms with E-state index in [-0.39, 0.29) is 0 Å². The molecule has 2 aromatic carbocycles. The Hall–Kier alpha value is -3.75. The van der Waals surface area contributed by atoms with Crippen LogP contribution in [0, 0.1) is 6.92 Å². The number of carbonyl (C=O) groups is 2. The Morgan fingerprint density at radius 2 is 1.69 bits per heavy atom. The van der Waals surface area contributed by atoms with Crippen LogP contribution in [-0.2, 0) is 9.59 Å². The first-order valence-electron chi connectivity index (χ1n) is 9.21. The first-order valence-corrected chi connectivity index (χ1v) is 9.21. The standard InChI is InChI=1S/C20H20N6O3/c1-12-3-7-14(8-4-12)21-19(27)20(28)22-15-9-10-17(29-2)16(11-15)26-18(13-5-6-13)23-24-25-26/h3-4,7-11,13H,5-6H2,1-2H3,(H,21,27)(H,22,28). The van der Waals surface area contributed by atoms with Gasteiger partial charge in [0.05, 0.1) is 7.11 Å². The van der Waals surface area contributed by atoms with Crippen LogP contribution in [0.25, 0.3) is 5.69 Å². The maximum absolute atomic E-state index is 12.3. The van der Waals surface area contributed by atoms with E-state index in [0.717, 1.165) is 24.2 Å². The number of carbonyl (C=O) groups excluding carboxylic acids is 2. The summed E-state index contributed by atoms with van der Waals surface area (Å²) < 4.78 is 7.02. The van der Waals surface area contributed by atoms with Crippen LogP contribution >= 0.6 is 0 Å². The van der Waals surface area contributed by atoms with Crippen LogP contribution in [0.15, 0.2) is 42.5 Å². The van der Waals surface area contributed by atoms with Crippen molar-refractivity contribution < 1.29 is 14.3 Å². The molecular weight excluding hydrogens is 372 g/mol. The fraction of sp³-hybridized carbons (Fsp3) is 0.250. The second-order valence-electron chi connectivity index (χ2n) is 6.88. The molecule has 0 bridgehead atoms. The molecule has 9 nitrogen and oxygen atoms in total. The Kier molecular flexibility index (Phi) is 4.94. The fourth-order valence-electron chi connectivity index (χ4n) is 2.91. The maximum Gasteiger partial charge on any atom is 0.314 e. The first kappa shape index (κ1) is 18.6. The van der Waals surface area contributed by atoms with Crippen molar-refractivity contribution in [2.24, 2.45) is 0 Å². The van der Waals surface area contributed by atoms with Gasteiger partial charge < -0.3 is 15.4 Å². The third-order valence-electron chi connectivity index (χ3n) is 4.62. The predicted molar refractivity (Wildman–Crippen MR) is 106 cm³/mol. The van der Waals surface area contributed by atoms with Gasteiger partial charge in [0.2, 0.25) is 0 Å². The lowest BCUT2D eigenvalue weighted by Crippen LogP contribution is -2.29. The smallest absolute Gasteiger partial charge is 0.314 e. The fourth-order valence-corrected chi connectivity index (χ4v) is 2.91. The van der Waals surface area contributed by atoms with E-state index in [1.807, 2.05) is 19.1 Å². The molecule has 9 heteroatoms. The van der Waals surface area contributed by atoms with Crippen LogP contribution in [-0.4, -0.2) is 39.1 Å². The molecule has 1 heterocycles. The molecule has 29 heavy (non-hydrogen) atoms. The van der Waals surface area contributed by atoms with Crippen molar-refractivity contribution in [1.82, 2.24) is 20.2 Å². The van der Waals surface area contributed by atoms with E-state index in [9.17, 15) is 9.59 Å². The van der Waals surface area contributed by atoms with Gasteiger partial charge in [-0.05, 0) is 60.5 Å². The molecule has 1 aliphatic carbocycles. The van der Waals surface area contributed by atoms with Gasteiger partial charge in [-0.3, -0.25) is 9.59 Å². The highest BCUT2D eigenvalue weighted by Gasteiger charge is 2.30. The van der Waals surface area contributed by atoms with Crippen molar-refractivity contribution in [3.63, 3.8) is 0 Å². The number of anilines is 2. The van der Waals surface area contributed by atoms with E-state index >= 15 is 0 Å². The van der Waals surface area contributed by atoms with Crippen molar-refractivity contribution in [2.45, 2.75) is 25.7 Å². The Morgan fingerprint density at radius 3 is 2.34 bits per heavy atom. The van der Waals surface area contributed by atoms with E-state index in [1.165, 1.54) is 0 Å². The van der Waals surface area contributed by atoms with Crippen LogP contribution in [0.1, 0.15) is 30.1 Å². The highest BCUT2D eigenvalue weighted by molar-refractivity contribution is 6.43. The van der Waals surface area contributed by atoms with Crippen LogP contribution in [0.5, 0.6) is 5.75 Å². The summed E-state index contributed by atoms with van der Waals surface area (Å²) in [4.78, 5) is 24.5. The van der Waals surface area contributed by atoms with Gasteiger partial charge in [-0.15, -0.1) is 5.10 Å². The Balaban J connectivity index is 1.52. The summed E-state index contributed by atoms with van der Waals surface area (Å²) in [7, 11) is 1.55. The number of ether oxygens (including phenoxy) is 1. The van der Waals surface area contributed by atoms with Crippen LogP contribution in [0.2, 0.25) is 0 Å². The molecule has 0 atom stereocenters. The molecule has 2 amide bonds. The van der Waals surface area contributed by atoms with Crippen LogP contribution in [0.3, 0.4) is 0 Å². The molecule has 1 aromatic heterocycles. The zero-order chi connectivity index (χ0) is 20.4. The number of tetrazole rings is 1. The lowest BCUT2D eigenvalue weighted by Gasteiger charge is -2.12. The van der Waals surface area contributed by atoms with Crippen molar-refractivity contribution in [2.75, 3.05) is 17.7 Å².